The van der Waals surface area contributed by atoms with Crippen LogP contribution in [0.2, 0.25) is 0 Å². The Morgan fingerprint density at radius 2 is 1.90 bits per heavy atom. The second-order valence-corrected chi connectivity index (χ2v) is 8.50. The van der Waals surface area contributed by atoms with Crippen LogP contribution in [-0.2, 0) is 24.2 Å². The van der Waals surface area contributed by atoms with Gasteiger partial charge in [-0.15, -0.1) is 0 Å². The van der Waals surface area contributed by atoms with Gasteiger partial charge in [-0.1, -0.05) is 12.1 Å². The first kappa shape index (κ1) is 20.1. The molecule has 4 rings (SSSR count). The smallest absolute Gasteiger partial charge is 0.410 e. The van der Waals surface area contributed by atoms with Crippen LogP contribution in [0.5, 0.6) is 0 Å². The number of aromatic nitrogens is 2. The molecule has 0 radical (unpaired) electrons. The standard InChI is InChI=1S/C23H24FN3O3/c1-23(2,3)30-22(29)26-12-10-17-18-5-4-11-25-20(18)27(21(28)19(17)14-26)13-15-6-8-16(24)9-7-15/h4-9,11H,10,12-14H2,1-3H3. The maximum Gasteiger partial charge on any atom is 0.410 e. The van der Waals surface area contributed by atoms with E-state index in [0.717, 1.165) is 16.5 Å². The van der Waals surface area contributed by atoms with Crippen molar-refractivity contribution in [1.29, 1.82) is 0 Å². The summed E-state index contributed by atoms with van der Waals surface area (Å²) in [5, 5.41) is 0.901. The number of hydrogen-bond acceptors (Lipinski definition) is 4. The highest BCUT2D eigenvalue weighted by molar-refractivity contribution is 5.81. The fraction of sp³-hybridized carbons (Fsp3) is 0.348. The zero-order valence-electron chi connectivity index (χ0n) is 17.3. The number of halogens is 1. The van der Waals surface area contributed by atoms with E-state index in [4.69, 9.17) is 4.74 Å². The average Bonchev–Trinajstić information content (AvgIpc) is 2.71. The lowest BCUT2D eigenvalue weighted by atomic mass is 9.97. The first-order chi connectivity index (χ1) is 14.2. The molecule has 0 aliphatic carbocycles. The maximum absolute atomic E-state index is 13.4. The number of amides is 1. The lowest BCUT2D eigenvalue weighted by Gasteiger charge is -2.31. The summed E-state index contributed by atoms with van der Waals surface area (Å²) in [6, 6.07) is 9.85. The van der Waals surface area contributed by atoms with E-state index >= 15 is 0 Å². The topological polar surface area (TPSA) is 64.4 Å². The SMILES string of the molecule is CC(C)(C)OC(=O)N1CCc2c(c(=O)n(Cc3ccc(F)cc3)c3ncccc23)C1. The van der Waals surface area contributed by atoms with Gasteiger partial charge in [0, 0.05) is 23.7 Å². The van der Waals surface area contributed by atoms with Gasteiger partial charge in [0.25, 0.3) is 5.56 Å². The summed E-state index contributed by atoms with van der Waals surface area (Å²) >= 11 is 0. The molecule has 3 heterocycles. The van der Waals surface area contributed by atoms with E-state index in [0.29, 0.717) is 24.2 Å². The van der Waals surface area contributed by atoms with Crippen LogP contribution in [0, 0.1) is 5.82 Å². The summed E-state index contributed by atoms with van der Waals surface area (Å²) in [7, 11) is 0. The first-order valence-corrected chi connectivity index (χ1v) is 9.94. The quantitative estimate of drug-likeness (QED) is 0.644. The van der Waals surface area contributed by atoms with Gasteiger partial charge in [0.1, 0.15) is 17.1 Å². The molecule has 0 atom stereocenters. The number of carbonyl (C=O) groups excluding carboxylic acids is 1. The molecule has 3 aromatic rings. The minimum Gasteiger partial charge on any atom is -0.444 e. The Hall–Kier alpha value is -3.22. The highest BCUT2D eigenvalue weighted by atomic mass is 19.1. The molecular weight excluding hydrogens is 385 g/mol. The molecule has 0 unspecified atom stereocenters. The van der Waals surface area contributed by atoms with E-state index in [-0.39, 0.29) is 24.5 Å². The van der Waals surface area contributed by atoms with Crippen molar-refractivity contribution in [3.63, 3.8) is 0 Å². The molecule has 0 saturated heterocycles. The summed E-state index contributed by atoms with van der Waals surface area (Å²) in [4.78, 5) is 32.0. The summed E-state index contributed by atoms with van der Waals surface area (Å²) in [5.74, 6) is -0.326. The van der Waals surface area contributed by atoms with Gasteiger partial charge in [0.15, 0.2) is 0 Å². The summed E-state index contributed by atoms with van der Waals surface area (Å²) < 4.78 is 20.4. The van der Waals surface area contributed by atoms with Crippen molar-refractivity contribution in [1.82, 2.24) is 14.5 Å². The third-order valence-electron chi connectivity index (χ3n) is 5.12. The van der Waals surface area contributed by atoms with Crippen molar-refractivity contribution >= 4 is 17.1 Å². The van der Waals surface area contributed by atoms with E-state index in [2.05, 4.69) is 4.98 Å². The van der Waals surface area contributed by atoms with Crippen LogP contribution in [0.3, 0.4) is 0 Å². The Bertz CT molecular complexity index is 1160. The molecule has 1 aliphatic rings. The van der Waals surface area contributed by atoms with Crippen molar-refractivity contribution < 1.29 is 13.9 Å². The van der Waals surface area contributed by atoms with Crippen LogP contribution in [0.4, 0.5) is 9.18 Å². The van der Waals surface area contributed by atoms with Gasteiger partial charge < -0.3 is 9.64 Å². The summed E-state index contributed by atoms with van der Waals surface area (Å²) in [5.41, 5.74) is 2.11. The summed E-state index contributed by atoms with van der Waals surface area (Å²) in [6.45, 7) is 6.39. The Morgan fingerprint density at radius 3 is 2.60 bits per heavy atom. The molecule has 0 fully saturated rings. The van der Waals surface area contributed by atoms with E-state index < -0.39 is 11.7 Å². The van der Waals surface area contributed by atoms with Gasteiger partial charge in [-0.2, -0.15) is 0 Å². The number of hydrogen-bond donors (Lipinski definition) is 0. The largest absolute Gasteiger partial charge is 0.444 e. The number of nitrogens with zero attached hydrogens (tertiary/aromatic N) is 3. The minimum atomic E-state index is -0.604. The van der Waals surface area contributed by atoms with Crippen molar-refractivity contribution in [2.24, 2.45) is 0 Å². The Balaban J connectivity index is 1.77. The Kier molecular flexibility index (Phi) is 5.05. The number of rotatable bonds is 2. The van der Waals surface area contributed by atoms with E-state index in [1.165, 1.54) is 12.1 Å². The monoisotopic (exact) mass is 409 g/mol. The van der Waals surface area contributed by atoms with Gasteiger partial charge in [-0.3, -0.25) is 9.36 Å². The number of fused-ring (bicyclic) bond motifs is 3. The first-order valence-electron chi connectivity index (χ1n) is 9.94. The molecule has 1 aliphatic heterocycles. The van der Waals surface area contributed by atoms with Gasteiger partial charge in [-0.05, 0) is 62.6 Å². The van der Waals surface area contributed by atoms with Crippen LogP contribution in [0.1, 0.15) is 37.5 Å². The van der Waals surface area contributed by atoms with E-state index in [9.17, 15) is 14.0 Å². The van der Waals surface area contributed by atoms with Crippen molar-refractivity contribution in [2.75, 3.05) is 6.54 Å². The predicted octanol–water partition coefficient (Wildman–Crippen LogP) is 3.88. The molecule has 1 aromatic carbocycles. The second kappa shape index (κ2) is 7.55. The molecule has 30 heavy (non-hydrogen) atoms. The van der Waals surface area contributed by atoms with Crippen LogP contribution >= 0.6 is 0 Å². The maximum atomic E-state index is 13.4. The normalized spacial score (nSPS) is 13.9. The third kappa shape index (κ3) is 3.92. The molecule has 0 N–H and O–H groups in total. The molecule has 2 aromatic heterocycles. The fourth-order valence-corrected chi connectivity index (χ4v) is 3.77. The molecule has 0 bridgehead atoms. The Morgan fingerprint density at radius 1 is 1.17 bits per heavy atom. The van der Waals surface area contributed by atoms with Crippen LogP contribution in [0.15, 0.2) is 47.4 Å². The van der Waals surface area contributed by atoms with Gasteiger partial charge in [-0.25, -0.2) is 14.2 Å². The molecular formula is C23H24FN3O3. The lowest BCUT2D eigenvalue weighted by Crippen LogP contribution is -2.43. The van der Waals surface area contributed by atoms with Crippen LogP contribution < -0.4 is 5.56 Å². The van der Waals surface area contributed by atoms with E-state index in [1.54, 1.807) is 27.8 Å². The van der Waals surface area contributed by atoms with Crippen molar-refractivity contribution in [2.45, 2.75) is 45.9 Å². The summed E-state index contributed by atoms with van der Waals surface area (Å²) in [6.07, 6.45) is 1.79. The van der Waals surface area contributed by atoms with Crippen LogP contribution in [0.25, 0.3) is 11.0 Å². The van der Waals surface area contributed by atoms with Crippen molar-refractivity contribution in [3.8, 4) is 0 Å². The second-order valence-electron chi connectivity index (χ2n) is 8.50. The van der Waals surface area contributed by atoms with Crippen LogP contribution in [-0.4, -0.2) is 32.7 Å². The highest BCUT2D eigenvalue weighted by Crippen LogP contribution is 2.25. The van der Waals surface area contributed by atoms with Gasteiger partial charge in [0.05, 0.1) is 13.1 Å². The number of ether oxygens (including phenoxy) is 1. The highest BCUT2D eigenvalue weighted by Gasteiger charge is 2.29. The third-order valence-corrected chi connectivity index (χ3v) is 5.12. The van der Waals surface area contributed by atoms with E-state index in [1.807, 2.05) is 32.9 Å². The van der Waals surface area contributed by atoms with Gasteiger partial charge >= 0.3 is 6.09 Å². The molecule has 6 nitrogen and oxygen atoms in total. The minimum absolute atomic E-state index is 0.186. The molecule has 7 heteroatoms. The number of pyridine rings is 2. The van der Waals surface area contributed by atoms with Crippen molar-refractivity contribution in [3.05, 3.63) is 75.5 Å². The average molecular weight is 409 g/mol. The van der Waals surface area contributed by atoms with Gasteiger partial charge in [0.2, 0.25) is 0 Å². The number of benzene rings is 1. The zero-order valence-corrected chi connectivity index (χ0v) is 17.3. The lowest BCUT2D eigenvalue weighted by molar-refractivity contribution is 0.0223. The molecule has 0 saturated carbocycles. The molecule has 156 valence electrons. The fourth-order valence-electron chi connectivity index (χ4n) is 3.77. The molecule has 0 spiro atoms. The zero-order chi connectivity index (χ0) is 21.5. The Labute approximate surface area is 173 Å². The predicted molar refractivity (Wildman–Crippen MR) is 112 cm³/mol. The number of carbonyl (C=O) groups is 1. The molecule has 1 amide bonds.